The number of carbonyl (C=O) groups excluding carboxylic acids is 1. The van der Waals surface area contributed by atoms with Crippen LogP contribution in [0.5, 0.6) is 5.75 Å². The molecule has 1 aliphatic rings. The fraction of sp³-hybridized carbons (Fsp3) is 0.136. The number of rotatable bonds is 4. The summed E-state index contributed by atoms with van der Waals surface area (Å²) in [5.41, 5.74) is 0.609. The van der Waals surface area contributed by atoms with E-state index in [0.717, 1.165) is 6.07 Å². The van der Waals surface area contributed by atoms with Gasteiger partial charge in [-0.1, -0.05) is 12.1 Å². The lowest BCUT2D eigenvalue weighted by Crippen LogP contribution is -2.29. The second-order valence-electron chi connectivity index (χ2n) is 6.71. The van der Waals surface area contributed by atoms with Crippen molar-refractivity contribution in [3.05, 3.63) is 87.0 Å². The topological polar surface area (TPSA) is 72.6 Å². The van der Waals surface area contributed by atoms with E-state index in [-0.39, 0.29) is 22.3 Å². The van der Waals surface area contributed by atoms with Crippen LogP contribution in [0.1, 0.15) is 34.6 Å². The quantitative estimate of drug-likeness (QED) is 0.483. The molecular formula is C22H15FN2O4S. The molecule has 4 aromatic rings. The van der Waals surface area contributed by atoms with Crippen molar-refractivity contribution in [2.75, 3.05) is 11.5 Å². The molecule has 0 radical (unpaired) electrons. The lowest BCUT2D eigenvalue weighted by molar-refractivity contribution is 0.0971. The molecule has 1 aliphatic heterocycles. The third kappa shape index (κ3) is 2.80. The van der Waals surface area contributed by atoms with Gasteiger partial charge in [0.2, 0.25) is 5.76 Å². The van der Waals surface area contributed by atoms with Gasteiger partial charge in [0.1, 0.15) is 17.1 Å². The van der Waals surface area contributed by atoms with Crippen molar-refractivity contribution in [1.82, 2.24) is 4.98 Å². The van der Waals surface area contributed by atoms with E-state index in [1.807, 2.05) is 6.92 Å². The van der Waals surface area contributed by atoms with Gasteiger partial charge in [-0.25, -0.2) is 9.37 Å². The van der Waals surface area contributed by atoms with Crippen molar-refractivity contribution in [3.63, 3.8) is 0 Å². The van der Waals surface area contributed by atoms with Crippen LogP contribution < -0.4 is 15.1 Å². The standard InChI is InChI=1S/C22H15FN2O4S/c1-2-28-14-6-3-12(4-7-14)18-17-19(26)15-11-13(23)5-8-16(15)29-20(17)21(27)25(18)22-24-9-10-30-22/h3-11,18H,2H2,1H3. The molecule has 0 saturated carbocycles. The molecule has 150 valence electrons. The minimum Gasteiger partial charge on any atom is -0.494 e. The maximum absolute atomic E-state index is 13.8. The third-order valence-corrected chi connectivity index (χ3v) is 5.74. The molecule has 3 heterocycles. The minimum atomic E-state index is -0.738. The summed E-state index contributed by atoms with van der Waals surface area (Å²) < 4.78 is 25.1. The van der Waals surface area contributed by atoms with Crippen LogP contribution in [0.25, 0.3) is 11.0 Å². The van der Waals surface area contributed by atoms with Crippen molar-refractivity contribution in [2.24, 2.45) is 0 Å². The predicted octanol–water partition coefficient (Wildman–Crippen LogP) is 4.54. The molecule has 1 amide bonds. The van der Waals surface area contributed by atoms with E-state index in [0.29, 0.717) is 23.1 Å². The van der Waals surface area contributed by atoms with Gasteiger partial charge in [0.15, 0.2) is 10.6 Å². The highest BCUT2D eigenvalue weighted by atomic mass is 32.1. The summed E-state index contributed by atoms with van der Waals surface area (Å²) in [6, 6.07) is 10.1. The number of nitrogens with zero attached hydrogens (tertiary/aromatic N) is 2. The summed E-state index contributed by atoms with van der Waals surface area (Å²) in [4.78, 5) is 32.3. The van der Waals surface area contributed by atoms with Crippen molar-refractivity contribution in [1.29, 1.82) is 0 Å². The first-order chi connectivity index (χ1) is 14.6. The Hall–Kier alpha value is -3.52. The Morgan fingerprint density at radius 2 is 2.00 bits per heavy atom. The van der Waals surface area contributed by atoms with E-state index in [1.54, 1.807) is 35.8 Å². The number of amides is 1. The lowest BCUT2D eigenvalue weighted by Gasteiger charge is -2.22. The molecule has 30 heavy (non-hydrogen) atoms. The van der Waals surface area contributed by atoms with Gasteiger partial charge < -0.3 is 9.15 Å². The van der Waals surface area contributed by atoms with Gasteiger partial charge in [-0.05, 0) is 42.8 Å². The smallest absolute Gasteiger partial charge is 0.297 e. The van der Waals surface area contributed by atoms with E-state index >= 15 is 0 Å². The van der Waals surface area contributed by atoms with Gasteiger partial charge in [0.05, 0.1) is 23.6 Å². The molecule has 2 aromatic heterocycles. The number of aromatic nitrogens is 1. The number of anilines is 1. The van der Waals surface area contributed by atoms with Gasteiger partial charge in [0, 0.05) is 11.6 Å². The second kappa shape index (κ2) is 7.07. The minimum absolute atomic E-state index is 0.0480. The molecule has 1 unspecified atom stereocenters. The molecule has 2 aromatic carbocycles. The Bertz CT molecular complexity index is 1320. The summed E-state index contributed by atoms with van der Waals surface area (Å²) in [5, 5.41) is 2.29. The van der Waals surface area contributed by atoms with Gasteiger partial charge in [-0.3, -0.25) is 14.5 Å². The number of hydrogen-bond donors (Lipinski definition) is 0. The fourth-order valence-corrected chi connectivity index (χ4v) is 4.37. The lowest BCUT2D eigenvalue weighted by atomic mass is 9.98. The zero-order chi connectivity index (χ0) is 20.8. The Labute approximate surface area is 174 Å². The van der Waals surface area contributed by atoms with Gasteiger partial charge >= 0.3 is 0 Å². The van der Waals surface area contributed by atoms with Crippen LogP contribution in [0, 0.1) is 5.82 Å². The number of carbonyl (C=O) groups is 1. The highest BCUT2D eigenvalue weighted by Gasteiger charge is 2.44. The number of halogens is 1. The van der Waals surface area contributed by atoms with E-state index < -0.39 is 23.2 Å². The first kappa shape index (κ1) is 18.5. The number of thiazole rings is 1. The fourth-order valence-electron chi connectivity index (χ4n) is 3.71. The normalized spacial score (nSPS) is 15.6. The third-order valence-electron chi connectivity index (χ3n) is 4.96. The monoisotopic (exact) mass is 422 g/mol. The summed E-state index contributed by atoms with van der Waals surface area (Å²) >= 11 is 1.28. The van der Waals surface area contributed by atoms with Crippen LogP contribution in [0.15, 0.2) is 63.3 Å². The first-order valence-corrected chi connectivity index (χ1v) is 10.2. The molecule has 0 spiro atoms. The maximum atomic E-state index is 13.8. The number of fused-ring (bicyclic) bond motifs is 2. The second-order valence-corrected chi connectivity index (χ2v) is 7.58. The van der Waals surface area contributed by atoms with E-state index in [2.05, 4.69) is 4.98 Å². The van der Waals surface area contributed by atoms with E-state index in [4.69, 9.17) is 9.15 Å². The number of ether oxygens (including phenoxy) is 1. The zero-order valence-corrected chi connectivity index (χ0v) is 16.6. The molecule has 6 nitrogen and oxygen atoms in total. The first-order valence-electron chi connectivity index (χ1n) is 9.30. The summed E-state index contributed by atoms with van der Waals surface area (Å²) in [7, 11) is 0. The molecule has 0 saturated heterocycles. The molecule has 0 N–H and O–H groups in total. The van der Waals surface area contributed by atoms with Crippen molar-refractivity contribution >= 4 is 33.3 Å². The number of benzene rings is 2. The van der Waals surface area contributed by atoms with Crippen molar-refractivity contribution in [3.8, 4) is 5.75 Å². The zero-order valence-electron chi connectivity index (χ0n) is 15.8. The Morgan fingerprint density at radius 3 is 2.70 bits per heavy atom. The van der Waals surface area contributed by atoms with Crippen LogP contribution in [-0.4, -0.2) is 17.5 Å². The SMILES string of the molecule is CCOc1ccc(C2c3c(oc4ccc(F)cc4c3=O)C(=O)N2c2nccs2)cc1. The van der Waals surface area contributed by atoms with Crippen LogP contribution in [0.4, 0.5) is 9.52 Å². The van der Waals surface area contributed by atoms with Crippen molar-refractivity contribution in [2.45, 2.75) is 13.0 Å². The highest BCUT2D eigenvalue weighted by molar-refractivity contribution is 7.13. The summed E-state index contributed by atoms with van der Waals surface area (Å²) in [5.74, 6) is -0.372. The van der Waals surface area contributed by atoms with Gasteiger partial charge in [-0.15, -0.1) is 11.3 Å². The number of hydrogen-bond acceptors (Lipinski definition) is 6. The van der Waals surface area contributed by atoms with Crippen LogP contribution in [-0.2, 0) is 0 Å². The van der Waals surface area contributed by atoms with Gasteiger partial charge in [-0.2, -0.15) is 0 Å². The molecule has 1 atom stereocenters. The maximum Gasteiger partial charge on any atom is 0.297 e. The largest absolute Gasteiger partial charge is 0.494 e. The molecule has 8 heteroatoms. The molecule has 0 aliphatic carbocycles. The highest BCUT2D eigenvalue weighted by Crippen LogP contribution is 2.42. The van der Waals surface area contributed by atoms with E-state index in [9.17, 15) is 14.0 Å². The van der Waals surface area contributed by atoms with Crippen LogP contribution >= 0.6 is 11.3 Å². The van der Waals surface area contributed by atoms with Crippen LogP contribution in [0.2, 0.25) is 0 Å². The molecular weight excluding hydrogens is 407 g/mol. The molecule has 0 bridgehead atoms. The average molecular weight is 422 g/mol. The Kier molecular flexibility index (Phi) is 4.36. The molecule has 0 fully saturated rings. The van der Waals surface area contributed by atoms with Gasteiger partial charge in [0.25, 0.3) is 5.91 Å². The van der Waals surface area contributed by atoms with Crippen LogP contribution in [0.3, 0.4) is 0 Å². The Balaban J connectivity index is 1.76. The van der Waals surface area contributed by atoms with E-state index in [1.165, 1.54) is 28.4 Å². The molecule has 5 rings (SSSR count). The summed E-state index contributed by atoms with van der Waals surface area (Å²) in [6.07, 6.45) is 1.59. The van der Waals surface area contributed by atoms with Crippen molar-refractivity contribution < 1.29 is 18.3 Å². The average Bonchev–Trinajstić information content (AvgIpc) is 3.36. The predicted molar refractivity (Wildman–Crippen MR) is 111 cm³/mol. The summed E-state index contributed by atoms with van der Waals surface area (Å²) in [6.45, 7) is 2.41. The Morgan fingerprint density at radius 1 is 1.20 bits per heavy atom.